The molecule has 0 radical (unpaired) electrons. The smallest absolute Gasteiger partial charge is 0.357 e. The molecule has 4 aliphatic rings. The van der Waals surface area contributed by atoms with Gasteiger partial charge in [0.1, 0.15) is 11.3 Å². The molecule has 16 bridgehead atoms. The fourth-order valence-corrected chi connectivity index (χ4v) is 11.0. The Hall–Kier alpha value is -9.94. The SMILES string of the molecule is [Eu+3].c1ccc2c(c1)-c1nc-2nc2[n-]c(nc3nc(nc4[n-]c(n1)c1ccccc41)-c1ccccc1-3)c1ccccc21.c1ccc2c(c1)-c1nc-2nc2[nH]c(nc3nc(nc4[n-]c(n1)c1ccccc41)-c1ccccc1-3)c1ccccc21. The molecular formula is C64H33EuN16. The summed E-state index contributed by atoms with van der Waals surface area (Å²) in [5.74, 6) is 4.51. The minimum Gasteiger partial charge on any atom is -0.357 e. The van der Waals surface area contributed by atoms with Gasteiger partial charge in [0, 0.05) is 89.2 Å². The standard InChI is InChI=1S/C32H17N8.C32H16N8.Eu/c2*1-2-10-18-17(9-1)25-33-26(18)38-28-21-13-5-6-14-22(21)30(35-28)40-32-24-16-8-7-15-23(24)31(36-32)39-29-20-12-4-3-11-19(20)27(34-29)37-25;/h1-16H,(H-,33,34,35,36,37,38,39,40);1-16H;/q-1;-2;+3. The van der Waals surface area contributed by atoms with Crippen molar-refractivity contribution in [2.24, 2.45) is 0 Å². The monoisotopic (exact) mass is 1180 g/mol. The van der Waals surface area contributed by atoms with Crippen LogP contribution in [-0.2, 0) is 0 Å². The van der Waals surface area contributed by atoms with Crippen molar-refractivity contribution >= 4 is 88.3 Å². The maximum Gasteiger partial charge on any atom is 3.00 e. The Morgan fingerprint density at radius 1 is 0.198 bits per heavy atom. The normalized spacial score (nSPS) is 11.9. The van der Waals surface area contributed by atoms with E-state index in [0.29, 0.717) is 91.8 Å². The van der Waals surface area contributed by atoms with E-state index < -0.39 is 0 Å². The predicted molar refractivity (Wildman–Crippen MR) is 309 cm³/mol. The molecule has 14 aromatic rings. The molecule has 17 heteroatoms. The zero-order chi connectivity index (χ0) is 52.4. The molecule has 0 spiro atoms. The van der Waals surface area contributed by atoms with E-state index in [1.807, 2.05) is 194 Å². The molecule has 0 saturated carbocycles. The van der Waals surface area contributed by atoms with Crippen LogP contribution >= 0.6 is 0 Å². The molecule has 6 aromatic heterocycles. The molecule has 8 aromatic carbocycles. The van der Waals surface area contributed by atoms with Crippen molar-refractivity contribution in [3.8, 4) is 91.1 Å². The fraction of sp³-hybridized carbons (Fsp3) is 0. The second-order valence-corrected chi connectivity index (χ2v) is 19.4. The van der Waals surface area contributed by atoms with Crippen molar-refractivity contribution in [1.29, 1.82) is 0 Å². The fourth-order valence-electron chi connectivity index (χ4n) is 11.0. The summed E-state index contributed by atoms with van der Waals surface area (Å²) in [5.41, 5.74) is 11.9. The number of fused-ring (bicyclic) bond motifs is 40. The first-order chi connectivity index (χ1) is 39.6. The summed E-state index contributed by atoms with van der Waals surface area (Å²) >= 11 is 0. The number of rotatable bonds is 0. The van der Waals surface area contributed by atoms with E-state index in [-0.39, 0.29) is 49.4 Å². The van der Waals surface area contributed by atoms with E-state index in [0.717, 1.165) is 87.6 Å². The Balaban J connectivity index is 0.000000132. The second kappa shape index (κ2) is 18.6. The molecule has 0 aliphatic carbocycles. The van der Waals surface area contributed by atoms with Crippen molar-refractivity contribution in [2.75, 3.05) is 0 Å². The number of nitrogens with one attached hydrogen (secondary N) is 1. The van der Waals surface area contributed by atoms with Crippen LogP contribution in [0.3, 0.4) is 0 Å². The van der Waals surface area contributed by atoms with Gasteiger partial charge >= 0.3 is 49.4 Å². The zero-order valence-corrected chi connectivity index (χ0v) is 44.5. The van der Waals surface area contributed by atoms with E-state index in [4.69, 9.17) is 74.8 Å². The molecule has 16 nitrogen and oxygen atoms in total. The van der Waals surface area contributed by atoms with Crippen molar-refractivity contribution in [1.82, 2.24) is 79.7 Å². The van der Waals surface area contributed by atoms with Gasteiger partial charge in [-0.3, -0.25) is 0 Å². The van der Waals surface area contributed by atoms with Crippen molar-refractivity contribution < 1.29 is 49.4 Å². The molecule has 376 valence electrons. The third kappa shape index (κ3) is 7.64. The van der Waals surface area contributed by atoms with Gasteiger partial charge in [-0.25, -0.2) is 29.9 Å². The summed E-state index contributed by atoms with van der Waals surface area (Å²) in [6.45, 7) is 0. The van der Waals surface area contributed by atoms with Crippen LogP contribution in [0.4, 0.5) is 0 Å². The maximum absolute atomic E-state index is 5.00. The molecule has 81 heavy (non-hydrogen) atoms. The number of H-pyrrole nitrogens is 1. The average Bonchev–Trinajstić information content (AvgIpc) is 4.53. The van der Waals surface area contributed by atoms with Gasteiger partial charge in [0.05, 0.1) is 34.9 Å². The summed E-state index contributed by atoms with van der Waals surface area (Å²) in [6.07, 6.45) is 0. The number of aromatic amines is 1. The van der Waals surface area contributed by atoms with Gasteiger partial charge in [-0.05, 0) is 32.3 Å². The van der Waals surface area contributed by atoms with Gasteiger partial charge < -0.3 is 49.8 Å². The van der Waals surface area contributed by atoms with Crippen LogP contribution in [0.2, 0.25) is 0 Å². The summed E-state index contributed by atoms with van der Waals surface area (Å²) in [5, 5.41) is 7.27. The minimum absolute atomic E-state index is 0. The first-order valence-electron chi connectivity index (χ1n) is 25.8. The minimum atomic E-state index is 0. The number of hydrogen-bond acceptors (Lipinski definition) is 12. The van der Waals surface area contributed by atoms with Crippen molar-refractivity contribution in [2.45, 2.75) is 0 Å². The number of hydrogen-bond donors (Lipinski definition) is 1. The Morgan fingerprint density at radius 3 is 0.580 bits per heavy atom. The molecule has 4 aliphatic heterocycles. The van der Waals surface area contributed by atoms with E-state index in [1.165, 1.54) is 0 Å². The summed E-state index contributed by atoms with van der Waals surface area (Å²) in [6, 6.07) is 63.9. The molecule has 0 unspecified atom stereocenters. The number of benzene rings is 8. The zero-order valence-electron chi connectivity index (χ0n) is 42.1. The van der Waals surface area contributed by atoms with Crippen LogP contribution in [0.15, 0.2) is 194 Å². The van der Waals surface area contributed by atoms with Gasteiger partial charge in [-0.1, -0.05) is 194 Å². The van der Waals surface area contributed by atoms with Crippen LogP contribution in [0, 0.1) is 49.4 Å². The van der Waals surface area contributed by atoms with Gasteiger partial charge in [-0.2, -0.15) is 0 Å². The van der Waals surface area contributed by atoms with E-state index in [1.54, 1.807) is 0 Å². The van der Waals surface area contributed by atoms with Crippen LogP contribution in [0.1, 0.15) is 0 Å². The summed E-state index contributed by atoms with van der Waals surface area (Å²) < 4.78 is 0. The molecule has 18 rings (SSSR count). The molecule has 10 heterocycles. The molecule has 0 amide bonds. The Kier molecular flexibility index (Phi) is 10.8. The second-order valence-electron chi connectivity index (χ2n) is 19.4. The maximum atomic E-state index is 5.00. The van der Waals surface area contributed by atoms with Crippen LogP contribution in [0.25, 0.3) is 179 Å². The van der Waals surface area contributed by atoms with E-state index in [2.05, 4.69) is 4.98 Å². The number of nitrogens with zero attached hydrogens (tertiary/aromatic N) is 15. The van der Waals surface area contributed by atoms with Gasteiger partial charge in [-0.15, -0.1) is 0 Å². The molecular weight excluding hydrogens is 1140 g/mol. The van der Waals surface area contributed by atoms with Crippen molar-refractivity contribution in [3.63, 3.8) is 0 Å². The van der Waals surface area contributed by atoms with Crippen LogP contribution in [-0.4, -0.2) is 64.8 Å². The number of aromatic nitrogens is 16. The third-order valence-electron chi connectivity index (χ3n) is 14.7. The van der Waals surface area contributed by atoms with E-state index in [9.17, 15) is 0 Å². The Bertz CT molecular complexity index is 4390. The largest absolute Gasteiger partial charge is 3.00 e. The molecule has 0 fully saturated rings. The summed E-state index contributed by atoms with van der Waals surface area (Å²) in [4.78, 5) is 77.3. The average molecular weight is 1180 g/mol. The van der Waals surface area contributed by atoms with Crippen molar-refractivity contribution in [3.05, 3.63) is 194 Å². The topological polar surface area (TPSA) is 213 Å². The first-order valence-corrected chi connectivity index (χ1v) is 25.8. The Morgan fingerprint density at radius 2 is 0.370 bits per heavy atom. The quantitative estimate of drug-likeness (QED) is 0.150. The van der Waals surface area contributed by atoms with Gasteiger partial charge in [0.25, 0.3) is 0 Å². The van der Waals surface area contributed by atoms with Gasteiger partial charge in [0.2, 0.25) is 0 Å². The van der Waals surface area contributed by atoms with Crippen LogP contribution < -0.4 is 15.0 Å². The van der Waals surface area contributed by atoms with Gasteiger partial charge in [0.15, 0.2) is 11.6 Å². The predicted octanol–water partition coefficient (Wildman–Crippen LogP) is 12.6. The molecule has 1 N–H and O–H groups in total. The summed E-state index contributed by atoms with van der Waals surface area (Å²) in [7, 11) is 0. The first kappa shape index (κ1) is 47.1. The Labute approximate surface area is 498 Å². The van der Waals surface area contributed by atoms with E-state index >= 15 is 0 Å². The molecule has 0 atom stereocenters. The molecule has 0 saturated heterocycles. The van der Waals surface area contributed by atoms with Crippen LogP contribution in [0.5, 0.6) is 0 Å². The third-order valence-corrected chi connectivity index (χ3v) is 14.7.